The second kappa shape index (κ2) is 50.3. The lowest BCUT2D eigenvalue weighted by molar-refractivity contribution is 0.627. The third kappa shape index (κ3) is 30.6. The molecule has 492 valence electrons. The van der Waals surface area contributed by atoms with Crippen molar-refractivity contribution < 1.29 is 0 Å². The Labute approximate surface area is 562 Å². The molecule has 87 heavy (non-hydrogen) atoms. The van der Waals surface area contributed by atoms with Crippen LogP contribution < -0.4 is 0 Å². The number of nitrogens with zero attached hydrogens (tertiary/aromatic N) is 6. The van der Waals surface area contributed by atoms with Crippen molar-refractivity contribution in [1.29, 1.82) is 0 Å². The lowest BCUT2D eigenvalue weighted by Gasteiger charge is -2.09. The van der Waals surface area contributed by atoms with Crippen LogP contribution in [0.25, 0.3) is 42.2 Å². The highest BCUT2D eigenvalue weighted by Gasteiger charge is 2.29. The average molecular weight is 1320 g/mol. The van der Waals surface area contributed by atoms with E-state index in [-0.39, 0.29) is 0 Å². The molecule has 3 aromatic rings. The second-order valence-electron chi connectivity index (χ2n) is 24.4. The monoisotopic (exact) mass is 1320 g/mol. The number of aromatic amines is 2. The molecule has 3 aromatic heterocycles. The maximum Gasteiger partial charge on any atom is 0.171 e. The Bertz CT molecular complexity index is 2510. The molecule has 8 bridgehead atoms. The predicted octanol–water partition coefficient (Wildman–Crippen LogP) is 26.3. The summed E-state index contributed by atoms with van der Waals surface area (Å²) < 4.78 is 0. The van der Waals surface area contributed by atoms with Crippen LogP contribution in [0.3, 0.4) is 0 Å². The fraction of sp³-hybridized carbons (Fsp3) is 0.778. The lowest BCUT2D eigenvalue weighted by atomic mass is 10.1. The zero-order valence-corrected chi connectivity index (χ0v) is 62.0. The van der Waals surface area contributed by atoms with E-state index in [1.54, 1.807) is 0 Å². The largest absolute Gasteiger partial charge is 0.324 e. The molecule has 2 aliphatic rings. The fourth-order valence-corrected chi connectivity index (χ4v) is 19.1. The Hall–Kier alpha value is -1.23. The zero-order valence-electron chi connectivity index (χ0n) is 56.3. The molecule has 0 atom stereocenters. The summed E-state index contributed by atoms with van der Waals surface area (Å²) in [5.74, 6) is 10.5. The van der Waals surface area contributed by atoms with E-state index >= 15 is 0 Å². The smallest absolute Gasteiger partial charge is 0.171 e. The predicted molar refractivity (Wildman–Crippen MR) is 401 cm³/mol. The molecule has 2 aliphatic heterocycles. The van der Waals surface area contributed by atoms with Gasteiger partial charge in [0.2, 0.25) is 0 Å². The summed E-state index contributed by atoms with van der Waals surface area (Å²) in [4.78, 5) is 50.4. The van der Waals surface area contributed by atoms with Gasteiger partial charge in [-0.05, 0) is 91.3 Å². The van der Waals surface area contributed by atoms with Gasteiger partial charge in [0.05, 0.1) is 34.3 Å². The van der Waals surface area contributed by atoms with E-state index in [0.717, 1.165) is 91.1 Å². The van der Waals surface area contributed by atoms with E-state index in [9.17, 15) is 0 Å². The van der Waals surface area contributed by atoms with Gasteiger partial charge >= 0.3 is 0 Å². The Morgan fingerprint density at radius 1 is 0.241 bits per heavy atom. The zero-order chi connectivity index (χ0) is 61.6. The summed E-state index contributed by atoms with van der Waals surface area (Å²) >= 11 is 13.8. The number of hydrogen-bond donors (Lipinski definition) is 2. The highest BCUT2D eigenvalue weighted by Crippen LogP contribution is 2.48. The third-order valence-corrected chi connectivity index (χ3v) is 24.9. The Balaban J connectivity index is 1.80. The van der Waals surface area contributed by atoms with Crippen LogP contribution in [0.2, 0.25) is 0 Å². The molecule has 0 radical (unpaired) electrons. The van der Waals surface area contributed by atoms with Crippen molar-refractivity contribution in [2.24, 2.45) is 0 Å². The third-order valence-electron chi connectivity index (χ3n) is 16.4. The van der Waals surface area contributed by atoms with Crippen LogP contribution >= 0.6 is 82.3 Å². The van der Waals surface area contributed by atoms with Crippen LogP contribution in [0.5, 0.6) is 0 Å². The van der Waals surface area contributed by atoms with E-state index in [1.165, 1.54) is 299 Å². The van der Waals surface area contributed by atoms with Gasteiger partial charge in [-0.25, -0.2) is 29.9 Å². The maximum absolute atomic E-state index is 5.81. The highest BCUT2D eigenvalue weighted by atomic mass is 32.2. The first-order valence-corrected chi connectivity index (χ1v) is 43.1. The minimum Gasteiger partial charge on any atom is -0.324 e. The molecule has 5 heterocycles. The topological polar surface area (TPSA) is 109 Å². The molecule has 15 heteroatoms. The SMILES string of the molecule is CCCCCCCCSC1=C(SCCCCCCCC)c2nc1nc1nc(nc3[nH]c(nc4cc(SCCCCCCCC)c(n2)[nH]4)c(SCCCCCCCC)c3SCCCCCCCC)C(SCCCCCCCC)=C1SCCCCCCCC. The molecule has 2 N–H and O–H groups in total. The first kappa shape index (κ1) is 76.5. The number of aromatic nitrogens is 8. The molecule has 0 spiro atoms. The molecule has 0 amide bonds. The van der Waals surface area contributed by atoms with Crippen LogP contribution in [0.4, 0.5) is 0 Å². The van der Waals surface area contributed by atoms with E-state index < -0.39 is 0 Å². The summed E-state index contributed by atoms with van der Waals surface area (Å²) in [7, 11) is 0. The summed E-state index contributed by atoms with van der Waals surface area (Å²) in [6, 6.07) is 2.28. The Kier molecular flexibility index (Phi) is 44.2. The van der Waals surface area contributed by atoms with E-state index in [1.807, 2.05) is 82.3 Å². The number of fused-ring (bicyclic) bond motifs is 8. The minimum atomic E-state index is 0.781. The molecule has 0 saturated carbocycles. The number of rotatable bonds is 56. The minimum absolute atomic E-state index is 0.781. The van der Waals surface area contributed by atoms with Gasteiger partial charge in [-0.15, -0.1) is 82.3 Å². The van der Waals surface area contributed by atoms with E-state index in [2.05, 4.69) is 64.5 Å². The first-order valence-electron chi connectivity index (χ1n) is 36.2. The summed E-state index contributed by atoms with van der Waals surface area (Å²) in [6.45, 7) is 16.2. The van der Waals surface area contributed by atoms with Gasteiger partial charge in [0.15, 0.2) is 23.3 Å². The van der Waals surface area contributed by atoms with Gasteiger partial charge in [-0.2, -0.15) is 0 Å². The van der Waals surface area contributed by atoms with Gasteiger partial charge in [0.25, 0.3) is 0 Å². The van der Waals surface area contributed by atoms with Crippen LogP contribution in [0.15, 0.2) is 20.8 Å². The van der Waals surface area contributed by atoms with Crippen LogP contribution in [-0.4, -0.2) is 80.1 Å². The molecule has 5 rings (SSSR count). The maximum atomic E-state index is 5.81. The molecule has 8 nitrogen and oxygen atoms in total. The van der Waals surface area contributed by atoms with Gasteiger partial charge in [0.1, 0.15) is 22.6 Å². The van der Waals surface area contributed by atoms with Crippen LogP contribution in [0.1, 0.15) is 341 Å². The number of unbranched alkanes of at least 4 members (excludes halogenated alkanes) is 35. The van der Waals surface area contributed by atoms with Crippen molar-refractivity contribution in [3.8, 4) is 0 Å². The Morgan fingerprint density at radius 2 is 0.483 bits per heavy atom. The molecule has 0 aromatic carbocycles. The summed E-state index contributed by atoms with van der Waals surface area (Å²) in [5.41, 5.74) is 3.49. The summed E-state index contributed by atoms with van der Waals surface area (Å²) in [6.07, 6.45) is 53.7. The van der Waals surface area contributed by atoms with Gasteiger partial charge in [-0.1, -0.05) is 273 Å². The molecule has 0 saturated heterocycles. The lowest BCUT2D eigenvalue weighted by Crippen LogP contribution is -1.93. The van der Waals surface area contributed by atoms with Gasteiger partial charge < -0.3 is 9.97 Å². The molecule has 0 unspecified atom stereocenters. The molecular weight excluding hydrogens is 1200 g/mol. The van der Waals surface area contributed by atoms with E-state index in [0.29, 0.717) is 0 Å². The summed E-state index contributed by atoms with van der Waals surface area (Å²) in [5, 5.41) is 0. The van der Waals surface area contributed by atoms with Crippen molar-refractivity contribution in [1.82, 2.24) is 39.9 Å². The second-order valence-corrected chi connectivity index (χ2v) is 32.2. The van der Waals surface area contributed by atoms with Crippen molar-refractivity contribution in [3.63, 3.8) is 0 Å². The van der Waals surface area contributed by atoms with Gasteiger partial charge in [-0.3, -0.25) is 0 Å². The van der Waals surface area contributed by atoms with Gasteiger partial charge in [0, 0.05) is 0 Å². The highest BCUT2D eigenvalue weighted by molar-refractivity contribution is 8.14. The Morgan fingerprint density at radius 3 is 0.793 bits per heavy atom. The van der Waals surface area contributed by atoms with Crippen LogP contribution in [-0.2, 0) is 0 Å². The number of H-pyrrole nitrogens is 2. The van der Waals surface area contributed by atoms with Crippen molar-refractivity contribution in [2.45, 2.75) is 333 Å². The number of thioether (sulfide) groups is 7. The molecule has 0 fully saturated rings. The quantitative estimate of drug-likeness (QED) is 0.0414. The van der Waals surface area contributed by atoms with Crippen molar-refractivity contribution >= 4 is 125 Å². The normalized spacial score (nSPS) is 12.7. The first-order chi connectivity index (χ1) is 43.0. The van der Waals surface area contributed by atoms with Crippen molar-refractivity contribution in [2.75, 3.05) is 40.3 Å². The fourth-order valence-electron chi connectivity index (χ4n) is 11.0. The van der Waals surface area contributed by atoms with Crippen LogP contribution in [0, 0.1) is 0 Å². The number of hydrogen-bond acceptors (Lipinski definition) is 13. The average Bonchev–Trinajstić information content (AvgIpc) is 2.18. The molecule has 0 aliphatic carbocycles. The number of nitrogens with one attached hydrogen (secondary N) is 2. The van der Waals surface area contributed by atoms with Crippen molar-refractivity contribution in [3.05, 3.63) is 29.4 Å². The van der Waals surface area contributed by atoms with E-state index in [4.69, 9.17) is 29.9 Å². The standard InChI is InChI=1S/C72H122N8S7/c1-8-15-22-29-36-43-50-81-58-57-59-73-66(58)75-68-62(84-53-46-39-32-25-18-11-4)63(85-54-47-40-33-26-19-12-5)70(77-68)79-72-65(87-56-49-42-35-28-21-14-7)64(86-55-48-41-34-27-20-13-6)71(80-72)78-69-61(83-52-45-38-31-24-17-10-3)60(67(74-59)76-69)82-51-44-37-30-23-16-9-2/h57H,8-56H2,1-7H3,(H2,73,74,75,76,77,78,79,80). The molecular formula is C72H122N8S7.